The van der Waals surface area contributed by atoms with Crippen LogP contribution in [0.5, 0.6) is 11.5 Å². The van der Waals surface area contributed by atoms with Crippen molar-refractivity contribution in [2.75, 3.05) is 38.7 Å². The van der Waals surface area contributed by atoms with Crippen molar-refractivity contribution in [3.63, 3.8) is 0 Å². The second kappa shape index (κ2) is 9.28. The van der Waals surface area contributed by atoms with E-state index in [1.807, 2.05) is 12.1 Å². The molecule has 35 heavy (non-hydrogen) atoms. The van der Waals surface area contributed by atoms with Gasteiger partial charge in [0.05, 0.1) is 23.2 Å². The van der Waals surface area contributed by atoms with Crippen molar-refractivity contribution >= 4 is 45.8 Å². The van der Waals surface area contributed by atoms with Gasteiger partial charge in [-0.15, -0.1) is 0 Å². The van der Waals surface area contributed by atoms with E-state index in [9.17, 15) is 14.0 Å². The lowest BCUT2D eigenvalue weighted by molar-refractivity contribution is -0.118. The fourth-order valence-corrected chi connectivity index (χ4v) is 5.75. The summed E-state index contributed by atoms with van der Waals surface area (Å²) in [6, 6.07) is 8.08. The number of fused-ring (bicyclic) bond motifs is 1. The molecule has 7 nitrogen and oxygen atoms in total. The highest BCUT2D eigenvalue weighted by molar-refractivity contribution is 8.09. The predicted molar refractivity (Wildman–Crippen MR) is 134 cm³/mol. The van der Waals surface area contributed by atoms with Crippen molar-refractivity contribution in [1.29, 1.82) is 0 Å². The van der Waals surface area contributed by atoms with Gasteiger partial charge in [-0.1, -0.05) is 23.4 Å². The van der Waals surface area contributed by atoms with Gasteiger partial charge in [0.1, 0.15) is 17.3 Å². The number of ether oxygens (including phenoxy) is 2. The molecule has 184 valence electrons. The molecule has 0 aromatic heterocycles. The molecule has 3 aliphatic heterocycles. The molecule has 0 saturated carbocycles. The van der Waals surface area contributed by atoms with Crippen LogP contribution in [0.3, 0.4) is 0 Å². The number of hydrogen-bond acceptors (Lipinski definition) is 6. The van der Waals surface area contributed by atoms with Gasteiger partial charge < -0.3 is 24.6 Å². The van der Waals surface area contributed by atoms with Crippen molar-refractivity contribution in [1.82, 2.24) is 9.80 Å². The van der Waals surface area contributed by atoms with E-state index in [-0.39, 0.29) is 29.7 Å². The smallest absolute Gasteiger partial charge is 0.262 e. The minimum Gasteiger partial charge on any atom is -0.492 e. The Morgan fingerprint density at radius 2 is 2.09 bits per heavy atom. The van der Waals surface area contributed by atoms with Crippen molar-refractivity contribution in [3.8, 4) is 11.5 Å². The second-order valence-electron chi connectivity index (χ2n) is 8.94. The van der Waals surface area contributed by atoms with Crippen LogP contribution in [-0.4, -0.2) is 60.3 Å². The van der Waals surface area contributed by atoms with Gasteiger partial charge in [-0.25, -0.2) is 4.39 Å². The summed E-state index contributed by atoms with van der Waals surface area (Å²) in [5, 5.41) is 3.58. The first-order valence-corrected chi connectivity index (χ1v) is 12.6. The molecule has 1 fully saturated rings. The Hall–Kier alpha value is -2.91. The highest BCUT2D eigenvalue weighted by Gasteiger charge is 2.34. The third kappa shape index (κ3) is 4.54. The molecule has 1 saturated heterocycles. The zero-order valence-corrected chi connectivity index (χ0v) is 21.1. The number of nitrogens with one attached hydrogen (secondary N) is 1. The van der Waals surface area contributed by atoms with Gasteiger partial charge in [-0.2, -0.15) is 0 Å². The minimum atomic E-state index is -0.674. The summed E-state index contributed by atoms with van der Waals surface area (Å²) in [7, 11) is 2.07. The molecule has 0 radical (unpaired) electrons. The van der Waals surface area contributed by atoms with E-state index in [2.05, 4.69) is 31.1 Å². The number of halogens is 2. The van der Waals surface area contributed by atoms with Gasteiger partial charge in [-0.3, -0.25) is 9.59 Å². The van der Waals surface area contributed by atoms with E-state index < -0.39 is 11.7 Å². The molecule has 3 aliphatic rings. The van der Waals surface area contributed by atoms with Crippen LogP contribution in [0.25, 0.3) is 4.91 Å². The van der Waals surface area contributed by atoms with Crippen LogP contribution < -0.4 is 14.8 Å². The lowest BCUT2D eigenvalue weighted by Crippen LogP contribution is -2.52. The van der Waals surface area contributed by atoms with E-state index in [1.165, 1.54) is 11.8 Å². The third-order valence-electron chi connectivity index (χ3n) is 6.53. The fourth-order valence-electron chi connectivity index (χ4n) is 4.32. The van der Waals surface area contributed by atoms with Crippen LogP contribution >= 0.6 is 23.4 Å². The first-order chi connectivity index (χ1) is 16.7. The van der Waals surface area contributed by atoms with Gasteiger partial charge in [0, 0.05) is 53.3 Å². The zero-order chi connectivity index (χ0) is 24.9. The lowest BCUT2D eigenvalue weighted by Gasteiger charge is -2.39. The number of amides is 2. The molecule has 3 heterocycles. The molecule has 2 aromatic rings. The molecule has 0 spiro atoms. The van der Waals surface area contributed by atoms with Crippen LogP contribution in [0.1, 0.15) is 29.8 Å². The highest BCUT2D eigenvalue weighted by atomic mass is 35.5. The van der Waals surface area contributed by atoms with Gasteiger partial charge in [-0.05, 0) is 38.1 Å². The number of likely N-dealkylation sites (tertiary alicyclic amines) is 1. The monoisotopic (exact) mass is 517 g/mol. The summed E-state index contributed by atoms with van der Waals surface area (Å²) in [6.45, 7) is 5.40. The molecule has 1 N–H and O–H groups in total. The molecule has 2 amide bonds. The van der Waals surface area contributed by atoms with Crippen molar-refractivity contribution in [3.05, 3.63) is 58.0 Å². The Morgan fingerprint density at radius 1 is 1.31 bits per heavy atom. The number of carbonyl (C=O) groups is 2. The molecule has 0 bridgehead atoms. The third-order valence-corrected chi connectivity index (χ3v) is 8.17. The largest absolute Gasteiger partial charge is 0.492 e. The van der Waals surface area contributed by atoms with Crippen molar-refractivity contribution in [2.24, 2.45) is 5.92 Å². The Morgan fingerprint density at radius 3 is 2.80 bits per heavy atom. The molecular formula is C25H25ClFN3O4S. The number of thioether (sulfide) groups is 1. The number of hydrogen-bond donors (Lipinski definition) is 1. The van der Waals surface area contributed by atoms with E-state index in [4.69, 9.17) is 21.1 Å². The SMILES string of the molecule is CC1=C(c2cc(Cl)ccc2OCC2CN(C(=O)c3cc4c(cc3F)OCC(=O)N4)C2)SC(C)N1C. The summed E-state index contributed by atoms with van der Waals surface area (Å²) in [5.74, 6) is -0.341. The normalized spacial score (nSPS) is 19.8. The maximum absolute atomic E-state index is 14.5. The number of allylic oxidation sites excluding steroid dienone is 1. The van der Waals surface area contributed by atoms with E-state index >= 15 is 0 Å². The zero-order valence-electron chi connectivity index (χ0n) is 19.6. The number of anilines is 1. The first-order valence-electron chi connectivity index (χ1n) is 11.3. The number of rotatable bonds is 5. The average molecular weight is 518 g/mol. The summed E-state index contributed by atoms with van der Waals surface area (Å²) in [4.78, 5) is 29.3. The topological polar surface area (TPSA) is 71.1 Å². The summed E-state index contributed by atoms with van der Waals surface area (Å²) in [5.41, 5.74) is 2.34. The Bertz CT molecular complexity index is 1250. The minimum absolute atomic E-state index is 0.0900. The molecular weight excluding hydrogens is 493 g/mol. The molecule has 10 heteroatoms. The maximum atomic E-state index is 14.5. The maximum Gasteiger partial charge on any atom is 0.262 e. The van der Waals surface area contributed by atoms with Crippen LogP contribution in [-0.2, 0) is 4.79 Å². The first kappa shape index (κ1) is 23.8. The fraction of sp³-hybridized carbons (Fsp3) is 0.360. The van der Waals surface area contributed by atoms with Crippen molar-refractivity contribution in [2.45, 2.75) is 19.2 Å². The van der Waals surface area contributed by atoms with Crippen LogP contribution in [0.4, 0.5) is 10.1 Å². The van der Waals surface area contributed by atoms with E-state index in [0.717, 1.165) is 22.3 Å². The second-order valence-corrected chi connectivity index (χ2v) is 10.7. The molecule has 0 aliphatic carbocycles. The standard InChI is InChI=1S/C25H25ClFN3O4S/c1-13-24(35-14(2)29(13)3)18-6-16(26)4-5-21(18)33-11-15-9-30(10-15)25(32)17-7-20-22(8-19(17)27)34-12-23(31)28-20/h4-8,14-15H,9-12H2,1-3H3,(H,28,31). The molecule has 1 unspecified atom stereocenters. The van der Waals surface area contributed by atoms with Gasteiger partial charge in [0.25, 0.3) is 11.8 Å². The number of benzene rings is 2. The number of carbonyl (C=O) groups excluding carboxylic acids is 2. The summed E-state index contributed by atoms with van der Waals surface area (Å²) < 4.78 is 25.9. The predicted octanol–water partition coefficient (Wildman–Crippen LogP) is 4.67. The molecule has 5 rings (SSSR count). The van der Waals surface area contributed by atoms with E-state index in [1.54, 1.807) is 22.7 Å². The van der Waals surface area contributed by atoms with Crippen molar-refractivity contribution < 1.29 is 23.5 Å². The number of nitrogens with zero attached hydrogens (tertiary/aromatic N) is 2. The molecule has 2 aromatic carbocycles. The Kier molecular flexibility index (Phi) is 6.31. The van der Waals surface area contributed by atoms with Gasteiger partial charge in [0.2, 0.25) is 0 Å². The summed E-state index contributed by atoms with van der Waals surface area (Å²) in [6.07, 6.45) is 0. The van der Waals surface area contributed by atoms with Gasteiger partial charge >= 0.3 is 0 Å². The van der Waals surface area contributed by atoms with Crippen LogP contribution in [0, 0.1) is 11.7 Å². The average Bonchev–Trinajstić information content (AvgIpc) is 3.05. The highest BCUT2D eigenvalue weighted by Crippen LogP contribution is 2.46. The lowest BCUT2D eigenvalue weighted by atomic mass is 9.99. The van der Waals surface area contributed by atoms with Gasteiger partial charge in [0.15, 0.2) is 6.61 Å². The quantitative estimate of drug-likeness (QED) is 0.621. The Balaban J connectivity index is 1.23. The van der Waals surface area contributed by atoms with Crippen LogP contribution in [0.15, 0.2) is 36.0 Å². The van der Waals surface area contributed by atoms with Crippen LogP contribution in [0.2, 0.25) is 5.02 Å². The van der Waals surface area contributed by atoms with E-state index in [0.29, 0.717) is 35.8 Å². The summed E-state index contributed by atoms with van der Waals surface area (Å²) >= 11 is 8.06. The Labute approximate surface area is 212 Å². The molecule has 1 atom stereocenters.